The molecule has 1 aliphatic heterocycles. The van der Waals surface area contributed by atoms with Gasteiger partial charge in [0.2, 0.25) is 0 Å². The molecular formula is C21H28ClIN4O. The van der Waals surface area contributed by atoms with Crippen molar-refractivity contribution in [3.05, 3.63) is 70.7 Å². The van der Waals surface area contributed by atoms with Crippen molar-refractivity contribution >= 4 is 41.5 Å². The summed E-state index contributed by atoms with van der Waals surface area (Å²) in [5, 5.41) is 7.63. The van der Waals surface area contributed by atoms with Crippen LogP contribution in [0, 0.1) is 0 Å². The molecule has 0 radical (unpaired) electrons. The second-order valence-corrected chi connectivity index (χ2v) is 6.89. The number of rotatable bonds is 6. The molecule has 152 valence electrons. The number of ether oxygens (including phenoxy) is 1. The lowest BCUT2D eigenvalue weighted by Gasteiger charge is -2.35. The second-order valence-electron chi connectivity index (χ2n) is 6.48. The lowest BCUT2D eigenvalue weighted by Crippen LogP contribution is -2.46. The Morgan fingerprint density at radius 3 is 2.43 bits per heavy atom. The molecule has 0 aromatic heterocycles. The largest absolute Gasteiger partial charge is 0.379 e. The van der Waals surface area contributed by atoms with Gasteiger partial charge in [-0.05, 0) is 17.2 Å². The van der Waals surface area contributed by atoms with Gasteiger partial charge in [0.05, 0.1) is 19.3 Å². The summed E-state index contributed by atoms with van der Waals surface area (Å²) >= 11 is 6.50. The Labute approximate surface area is 189 Å². The van der Waals surface area contributed by atoms with Crippen LogP contribution in [0.1, 0.15) is 17.2 Å². The highest BCUT2D eigenvalue weighted by Crippen LogP contribution is 2.27. The summed E-state index contributed by atoms with van der Waals surface area (Å²) in [6.07, 6.45) is 0. The third-order valence-electron chi connectivity index (χ3n) is 4.74. The highest BCUT2D eigenvalue weighted by atomic mass is 127. The summed E-state index contributed by atoms with van der Waals surface area (Å²) in [5.41, 5.74) is 2.35. The van der Waals surface area contributed by atoms with Gasteiger partial charge in [0.15, 0.2) is 5.96 Å². The summed E-state index contributed by atoms with van der Waals surface area (Å²) in [5.74, 6) is 0.782. The van der Waals surface area contributed by atoms with E-state index in [0.717, 1.165) is 55.9 Å². The van der Waals surface area contributed by atoms with E-state index >= 15 is 0 Å². The normalized spacial score (nSPS) is 16.1. The summed E-state index contributed by atoms with van der Waals surface area (Å²) in [6, 6.07) is 18.5. The van der Waals surface area contributed by atoms with Crippen molar-refractivity contribution in [1.29, 1.82) is 0 Å². The van der Waals surface area contributed by atoms with Gasteiger partial charge in [0.25, 0.3) is 0 Å². The van der Waals surface area contributed by atoms with Crippen LogP contribution in [0.25, 0.3) is 0 Å². The number of hydrogen-bond donors (Lipinski definition) is 2. The van der Waals surface area contributed by atoms with Crippen molar-refractivity contribution in [3.63, 3.8) is 0 Å². The van der Waals surface area contributed by atoms with Gasteiger partial charge < -0.3 is 15.4 Å². The van der Waals surface area contributed by atoms with Crippen LogP contribution in [0.4, 0.5) is 0 Å². The van der Waals surface area contributed by atoms with E-state index in [2.05, 4.69) is 38.7 Å². The summed E-state index contributed by atoms with van der Waals surface area (Å²) in [6.45, 7) is 4.75. The third-order valence-corrected chi connectivity index (χ3v) is 5.08. The van der Waals surface area contributed by atoms with Crippen LogP contribution in [0.2, 0.25) is 5.02 Å². The maximum absolute atomic E-state index is 6.50. The Kier molecular flexibility index (Phi) is 10.0. The van der Waals surface area contributed by atoms with Crippen LogP contribution >= 0.6 is 35.6 Å². The van der Waals surface area contributed by atoms with Crippen molar-refractivity contribution in [2.24, 2.45) is 4.99 Å². The molecule has 0 bridgehead atoms. The van der Waals surface area contributed by atoms with E-state index in [0.29, 0.717) is 0 Å². The van der Waals surface area contributed by atoms with Gasteiger partial charge in [-0.2, -0.15) is 0 Å². The van der Waals surface area contributed by atoms with Gasteiger partial charge >= 0.3 is 0 Å². The molecular weight excluding hydrogens is 487 g/mol. The molecule has 2 aromatic rings. The van der Waals surface area contributed by atoms with Gasteiger partial charge in [-0.25, -0.2) is 0 Å². The number of nitrogens with one attached hydrogen (secondary N) is 2. The monoisotopic (exact) mass is 514 g/mol. The van der Waals surface area contributed by atoms with Crippen molar-refractivity contribution in [3.8, 4) is 0 Å². The van der Waals surface area contributed by atoms with Crippen molar-refractivity contribution < 1.29 is 4.74 Å². The van der Waals surface area contributed by atoms with Crippen LogP contribution in [-0.4, -0.2) is 50.8 Å². The maximum atomic E-state index is 6.50. The zero-order valence-corrected chi connectivity index (χ0v) is 19.2. The minimum Gasteiger partial charge on any atom is -0.379 e. The topological polar surface area (TPSA) is 48.9 Å². The van der Waals surface area contributed by atoms with E-state index in [1.54, 1.807) is 7.05 Å². The van der Waals surface area contributed by atoms with Crippen LogP contribution < -0.4 is 10.6 Å². The van der Waals surface area contributed by atoms with E-state index in [9.17, 15) is 0 Å². The molecule has 0 spiro atoms. The first-order valence-corrected chi connectivity index (χ1v) is 9.70. The molecule has 5 nitrogen and oxygen atoms in total. The van der Waals surface area contributed by atoms with E-state index in [1.807, 2.05) is 36.4 Å². The molecule has 2 aromatic carbocycles. The number of benzene rings is 2. The van der Waals surface area contributed by atoms with Gasteiger partial charge in [-0.15, -0.1) is 24.0 Å². The van der Waals surface area contributed by atoms with Crippen LogP contribution in [0.3, 0.4) is 0 Å². The Bertz CT molecular complexity index is 738. The quantitative estimate of drug-likeness (QED) is 0.351. The van der Waals surface area contributed by atoms with E-state index in [4.69, 9.17) is 16.3 Å². The summed E-state index contributed by atoms with van der Waals surface area (Å²) < 4.78 is 5.52. The molecule has 1 heterocycles. The van der Waals surface area contributed by atoms with Gasteiger partial charge in [-0.1, -0.05) is 60.1 Å². The molecule has 1 saturated heterocycles. The Morgan fingerprint density at radius 1 is 1.07 bits per heavy atom. The minimum atomic E-state index is 0. The Hall–Kier alpha value is -1.35. The average molecular weight is 515 g/mol. The predicted octanol–water partition coefficient (Wildman–Crippen LogP) is 3.70. The molecule has 0 saturated carbocycles. The average Bonchev–Trinajstić information content (AvgIpc) is 2.73. The zero-order chi connectivity index (χ0) is 18.9. The molecule has 3 rings (SSSR count). The van der Waals surface area contributed by atoms with Gasteiger partial charge in [-0.3, -0.25) is 9.89 Å². The van der Waals surface area contributed by atoms with Gasteiger partial charge in [0, 0.05) is 38.2 Å². The number of halogens is 2. The van der Waals surface area contributed by atoms with Crippen molar-refractivity contribution in [2.45, 2.75) is 12.6 Å². The SMILES string of the molecule is CN=C(NCc1ccccc1)NCC(c1ccccc1Cl)N1CCOCC1.I. The Balaban J connectivity index is 0.00000280. The number of hydrogen-bond acceptors (Lipinski definition) is 3. The second kappa shape index (κ2) is 12.3. The van der Waals surface area contributed by atoms with E-state index in [-0.39, 0.29) is 30.0 Å². The third kappa shape index (κ3) is 6.62. The molecule has 0 amide bonds. The van der Waals surface area contributed by atoms with Crippen LogP contribution in [0.5, 0.6) is 0 Å². The highest BCUT2D eigenvalue weighted by molar-refractivity contribution is 14.0. The first-order chi connectivity index (χ1) is 13.3. The van der Waals surface area contributed by atoms with Crippen molar-refractivity contribution in [1.82, 2.24) is 15.5 Å². The summed E-state index contributed by atoms with van der Waals surface area (Å²) in [4.78, 5) is 6.77. The number of nitrogens with zero attached hydrogens (tertiary/aromatic N) is 2. The molecule has 0 aliphatic carbocycles. The first kappa shape index (κ1) is 22.9. The molecule has 28 heavy (non-hydrogen) atoms. The number of guanidine groups is 1. The van der Waals surface area contributed by atoms with Crippen molar-refractivity contribution in [2.75, 3.05) is 39.9 Å². The fourth-order valence-corrected chi connectivity index (χ4v) is 3.53. The fraction of sp³-hybridized carbons (Fsp3) is 0.381. The first-order valence-electron chi connectivity index (χ1n) is 9.32. The Morgan fingerprint density at radius 2 is 1.75 bits per heavy atom. The van der Waals surface area contributed by atoms with Crippen LogP contribution in [-0.2, 0) is 11.3 Å². The summed E-state index contributed by atoms with van der Waals surface area (Å²) in [7, 11) is 1.79. The number of aliphatic imine (C=N–C) groups is 1. The standard InChI is InChI=1S/C21H27ClN4O.HI/c1-23-21(24-15-17-7-3-2-4-8-17)25-16-20(26-11-13-27-14-12-26)18-9-5-6-10-19(18)22;/h2-10,20H,11-16H2,1H3,(H2,23,24,25);1H. The molecule has 1 atom stereocenters. The smallest absolute Gasteiger partial charge is 0.191 e. The molecule has 2 N–H and O–H groups in total. The number of morpholine rings is 1. The highest BCUT2D eigenvalue weighted by Gasteiger charge is 2.24. The molecule has 1 unspecified atom stereocenters. The fourth-order valence-electron chi connectivity index (χ4n) is 3.27. The molecule has 1 aliphatic rings. The van der Waals surface area contributed by atoms with Gasteiger partial charge in [0.1, 0.15) is 0 Å². The lowest BCUT2D eigenvalue weighted by molar-refractivity contribution is 0.0170. The van der Waals surface area contributed by atoms with E-state index in [1.165, 1.54) is 5.56 Å². The maximum Gasteiger partial charge on any atom is 0.191 e. The predicted molar refractivity (Wildman–Crippen MR) is 127 cm³/mol. The van der Waals surface area contributed by atoms with Crippen LogP contribution in [0.15, 0.2) is 59.6 Å². The lowest BCUT2D eigenvalue weighted by atomic mass is 10.0. The van der Waals surface area contributed by atoms with E-state index < -0.39 is 0 Å². The minimum absolute atomic E-state index is 0. The zero-order valence-electron chi connectivity index (χ0n) is 16.1. The molecule has 7 heteroatoms. The molecule has 1 fully saturated rings.